The molecule has 2 rings (SSSR count). The fraction of sp³-hybridized carbons (Fsp3) is 0.571. The zero-order valence-electron chi connectivity index (χ0n) is 12.2. The third-order valence-corrected chi connectivity index (χ3v) is 5.79. The van der Waals surface area contributed by atoms with Crippen molar-refractivity contribution < 1.29 is 18.5 Å². The Hall–Kier alpha value is -0.710. The molecule has 112 valence electrons. The molecule has 0 aromatic heterocycles. The standard InChI is InChI=1S/C14H22NO4P/c1-4-17-20(16,18-5-2)14-11-13(19-15(14)3)12-9-7-6-8-10-12/h6-10,13-14H,4-5,11H2,1-3H3/t13-,14+/m0/s1. The Morgan fingerprint density at radius 2 is 1.85 bits per heavy atom. The normalized spacial score (nSPS) is 24.1. The molecule has 1 aliphatic rings. The van der Waals surface area contributed by atoms with Gasteiger partial charge in [-0.15, -0.1) is 0 Å². The number of hydrogen-bond donors (Lipinski definition) is 0. The number of nitrogens with zero attached hydrogens (tertiary/aromatic N) is 1. The first-order valence-corrected chi connectivity index (χ1v) is 8.55. The molecular formula is C14H22NO4P. The Morgan fingerprint density at radius 1 is 1.25 bits per heavy atom. The average Bonchev–Trinajstić information content (AvgIpc) is 2.83. The molecule has 0 unspecified atom stereocenters. The Kier molecular flexibility index (Phi) is 5.35. The van der Waals surface area contributed by atoms with E-state index in [4.69, 9.17) is 13.9 Å². The van der Waals surface area contributed by atoms with Crippen LogP contribution in [0.25, 0.3) is 0 Å². The first-order chi connectivity index (χ1) is 9.60. The zero-order chi connectivity index (χ0) is 14.6. The average molecular weight is 299 g/mol. The minimum atomic E-state index is -3.18. The summed E-state index contributed by atoms with van der Waals surface area (Å²) in [6.45, 7) is 4.35. The van der Waals surface area contributed by atoms with E-state index in [9.17, 15) is 4.57 Å². The highest BCUT2D eigenvalue weighted by Gasteiger charge is 2.46. The van der Waals surface area contributed by atoms with E-state index in [0.717, 1.165) is 5.56 Å². The van der Waals surface area contributed by atoms with Crippen molar-refractivity contribution in [1.29, 1.82) is 0 Å². The predicted octanol–water partition coefficient (Wildman–Crippen LogP) is 3.59. The van der Waals surface area contributed by atoms with Crippen LogP contribution < -0.4 is 0 Å². The molecule has 0 spiro atoms. The van der Waals surface area contributed by atoms with Crippen molar-refractivity contribution in [1.82, 2.24) is 5.06 Å². The van der Waals surface area contributed by atoms with E-state index in [2.05, 4.69) is 0 Å². The van der Waals surface area contributed by atoms with Crippen molar-refractivity contribution in [2.24, 2.45) is 0 Å². The van der Waals surface area contributed by atoms with Crippen LogP contribution in [0.4, 0.5) is 0 Å². The molecule has 20 heavy (non-hydrogen) atoms. The van der Waals surface area contributed by atoms with Crippen molar-refractivity contribution in [2.75, 3.05) is 20.3 Å². The predicted molar refractivity (Wildman–Crippen MR) is 77.3 cm³/mol. The van der Waals surface area contributed by atoms with Gasteiger partial charge in [-0.05, 0) is 19.4 Å². The maximum absolute atomic E-state index is 12.8. The second-order valence-electron chi connectivity index (χ2n) is 4.64. The lowest BCUT2D eigenvalue weighted by molar-refractivity contribution is -0.137. The number of hydroxylamine groups is 2. The lowest BCUT2D eigenvalue weighted by atomic mass is 10.1. The Balaban J connectivity index is 2.15. The van der Waals surface area contributed by atoms with Crippen LogP contribution in [0.2, 0.25) is 0 Å². The molecule has 1 aromatic rings. The van der Waals surface area contributed by atoms with E-state index in [1.165, 1.54) is 0 Å². The van der Waals surface area contributed by atoms with Gasteiger partial charge in [-0.3, -0.25) is 9.40 Å². The lowest BCUT2D eigenvalue weighted by Gasteiger charge is -2.25. The van der Waals surface area contributed by atoms with Crippen LogP contribution in [0.3, 0.4) is 0 Å². The van der Waals surface area contributed by atoms with E-state index in [0.29, 0.717) is 19.6 Å². The minimum Gasteiger partial charge on any atom is -0.308 e. The molecule has 0 N–H and O–H groups in total. The molecule has 2 atom stereocenters. The molecular weight excluding hydrogens is 277 g/mol. The van der Waals surface area contributed by atoms with Gasteiger partial charge in [0.2, 0.25) is 0 Å². The highest BCUT2D eigenvalue weighted by atomic mass is 31.2. The molecule has 6 heteroatoms. The smallest absolute Gasteiger partial charge is 0.308 e. The summed E-state index contributed by atoms with van der Waals surface area (Å²) in [7, 11) is -1.40. The van der Waals surface area contributed by atoms with E-state index in [1.54, 1.807) is 12.1 Å². The first-order valence-electron chi connectivity index (χ1n) is 6.94. The minimum absolute atomic E-state index is 0.111. The number of rotatable bonds is 6. The van der Waals surface area contributed by atoms with Gasteiger partial charge in [0.15, 0.2) is 0 Å². The van der Waals surface area contributed by atoms with Crippen molar-refractivity contribution in [2.45, 2.75) is 32.2 Å². The third-order valence-electron chi connectivity index (χ3n) is 3.29. The molecule has 0 aliphatic carbocycles. The highest BCUT2D eigenvalue weighted by molar-refractivity contribution is 7.54. The Labute approximate surface area is 120 Å². The molecule has 5 nitrogen and oxygen atoms in total. The van der Waals surface area contributed by atoms with Crippen LogP contribution in [0.5, 0.6) is 0 Å². The summed E-state index contributed by atoms with van der Waals surface area (Å²) in [4.78, 5) is 5.80. The topological polar surface area (TPSA) is 48.0 Å². The van der Waals surface area contributed by atoms with Crippen molar-refractivity contribution in [3.63, 3.8) is 0 Å². The van der Waals surface area contributed by atoms with E-state index in [-0.39, 0.29) is 11.9 Å². The maximum atomic E-state index is 12.8. The van der Waals surface area contributed by atoms with Gasteiger partial charge in [-0.1, -0.05) is 30.3 Å². The SMILES string of the molecule is CCOP(=O)(OCC)[C@@H]1C[C@@H](c2ccccc2)ON1C. The third kappa shape index (κ3) is 3.30. The summed E-state index contributed by atoms with van der Waals surface area (Å²) in [6.07, 6.45) is 0.484. The lowest BCUT2D eigenvalue weighted by Crippen LogP contribution is -2.25. The molecule has 0 saturated carbocycles. The molecule has 1 aliphatic heterocycles. The van der Waals surface area contributed by atoms with Gasteiger partial charge in [0.25, 0.3) is 0 Å². The second kappa shape index (κ2) is 6.83. The summed E-state index contributed by atoms with van der Waals surface area (Å²) >= 11 is 0. The van der Waals surface area contributed by atoms with Gasteiger partial charge in [0.05, 0.1) is 13.2 Å². The van der Waals surface area contributed by atoms with Crippen LogP contribution in [-0.2, 0) is 18.5 Å². The summed E-state index contributed by atoms with van der Waals surface area (Å²) in [5.74, 6) is -0.368. The van der Waals surface area contributed by atoms with Crippen LogP contribution in [0, 0.1) is 0 Å². The Bertz CT molecular complexity index is 458. The van der Waals surface area contributed by atoms with Crippen LogP contribution >= 0.6 is 7.60 Å². The fourth-order valence-corrected chi connectivity index (χ4v) is 4.46. The van der Waals surface area contributed by atoms with Gasteiger partial charge in [0, 0.05) is 13.5 Å². The van der Waals surface area contributed by atoms with E-state index < -0.39 is 7.60 Å². The molecule has 0 radical (unpaired) electrons. The molecule has 1 aromatic carbocycles. The van der Waals surface area contributed by atoms with Gasteiger partial charge < -0.3 is 9.05 Å². The molecule has 1 fully saturated rings. The van der Waals surface area contributed by atoms with Crippen LogP contribution in [-0.4, -0.2) is 31.1 Å². The van der Waals surface area contributed by atoms with Gasteiger partial charge in [0.1, 0.15) is 11.9 Å². The first kappa shape index (κ1) is 15.7. The molecule has 0 bridgehead atoms. The van der Waals surface area contributed by atoms with Crippen molar-refractivity contribution in [3.05, 3.63) is 35.9 Å². The van der Waals surface area contributed by atoms with E-state index >= 15 is 0 Å². The van der Waals surface area contributed by atoms with Gasteiger partial charge in [-0.25, -0.2) is 0 Å². The van der Waals surface area contributed by atoms with Crippen molar-refractivity contribution in [3.8, 4) is 0 Å². The van der Waals surface area contributed by atoms with Crippen molar-refractivity contribution >= 4 is 7.60 Å². The number of benzene rings is 1. The number of hydrogen-bond acceptors (Lipinski definition) is 5. The fourth-order valence-electron chi connectivity index (χ4n) is 2.42. The van der Waals surface area contributed by atoms with Gasteiger partial charge in [-0.2, -0.15) is 5.06 Å². The zero-order valence-corrected chi connectivity index (χ0v) is 13.1. The summed E-state index contributed by atoms with van der Waals surface area (Å²) in [5.41, 5.74) is 1.07. The van der Waals surface area contributed by atoms with Crippen LogP contribution in [0.15, 0.2) is 30.3 Å². The maximum Gasteiger partial charge on any atom is 0.350 e. The summed E-state index contributed by atoms with van der Waals surface area (Å²) in [6, 6.07) is 9.92. The van der Waals surface area contributed by atoms with E-state index in [1.807, 2.05) is 44.2 Å². The molecule has 0 amide bonds. The summed E-state index contributed by atoms with van der Waals surface area (Å²) in [5, 5.41) is 1.61. The highest BCUT2D eigenvalue weighted by Crippen LogP contribution is 2.59. The Morgan fingerprint density at radius 3 is 2.40 bits per heavy atom. The van der Waals surface area contributed by atoms with Crippen LogP contribution in [0.1, 0.15) is 31.9 Å². The summed E-state index contributed by atoms with van der Waals surface area (Å²) < 4.78 is 23.7. The molecule has 1 saturated heterocycles. The quantitative estimate of drug-likeness (QED) is 0.751. The monoisotopic (exact) mass is 299 g/mol. The van der Waals surface area contributed by atoms with Gasteiger partial charge >= 0.3 is 7.60 Å². The molecule has 1 heterocycles. The second-order valence-corrected chi connectivity index (χ2v) is 6.83. The largest absolute Gasteiger partial charge is 0.350 e.